The molecule has 1 heterocycles. The van der Waals surface area contributed by atoms with Crippen LogP contribution in [0.15, 0.2) is 0 Å². The number of carbonyl (C=O) groups is 1. The number of primary amides is 1. The molecule has 0 atom stereocenters. The van der Waals surface area contributed by atoms with E-state index in [0.29, 0.717) is 0 Å². The maximum atomic E-state index is 10.4. The van der Waals surface area contributed by atoms with E-state index in [4.69, 9.17) is 5.73 Å². The number of nitrogens with zero attached hydrogens (tertiary/aromatic N) is 1. The lowest BCUT2D eigenvalue weighted by Gasteiger charge is -2.26. The standard InChI is InChI=1S/C7H15N3O/c8-7(11)6-9-10-4-2-1-3-5-10/h9H,1-6H2,(H2,8,11). The van der Waals surface area contributed by atoms with Gasteiger partial charge in [-0.2, -0.15) is 0 Å². The van der Waals surface area contributed by atoms with Gasteiger partial charge in [0.15, 0.2) is 0 Å². The first-order valence-corrected chi connectivity index (χ1v) is 4.06. The molecule has 1 aliphatic rings. The molecule has 0 unspecified atom stereocenters. The Labute approximate surface area is 66.7 Å². The third kappa shape index (κ3) is 3.34. The summed E-state index contributed by atoms with van der Waals surface area (Å²) in [5.74, 6) is -0.296. The first-order valence-electron chi connectivity index (χ1n) is 4.06. The summed E-state index contributed by atoms with van der Waals surface area (Å²) in [6.45, 7) is 2.33. The molecule has 0 aromatic rings. The maximum Gasteiger partial charge on any atom is 0.232 e. The van der Waals surface area contributed by atoms with Crippen molar-refractivity contribution < 1.29 is 4.79 Å². The molecule has 1 amide bonds. The SMILES string of the molecule is NC(=O)CNN1CCCCC1. The van der Waals surface area contributed by atoms with Crippen LogP contribution in [-0.2, 0) is 4.79 Å². The lowest BCUT2D eigenvalue weighted by Crippen LogP contribution is -2.45. The molecule has 0 saturated carbocycles. The molecule has 4 heteroatoms. The van der Waals surface area contributed by atoms with Gasteiger partial charge in [-0.3, -0.25) is 4.79 Å². The minimum Gasteiger partial charge on any atom is -0.369 e. The quantitative estimate of drug-likeness (QED) is 0.578. The molecule has 0 bridgehead atoms. The van der Waals surface area contributed by atoms with Crippen molar-refractivity contribution >= 4 is 5.91 Å². The normalized spacial score (nSPS) is 20.0. The Morgan fingerprint density at radius 1 is 1.36 bits per heavy atom. The monoisotopic (exact) mass is 157 g/mol. The number of rotatable bonds is 3. The molecule has 1 aliphatic heterocycles. The highest BCUT2D eigenvalue weighted by molar-refractivity contribution is 5.75. The number of nitrogens with two attached hydrogens (primary N) is 1. The molecular weight excluding hydrogens is 142 g/mol. The van der Waals surface area contributed by atoms with Gasteiger partial charge in [0.25, 0.3) is 0 Å². The topological polar surface area (TPSA) is 58.4 Å². The molecule has 0 aliphatic carbocycles. The van der Waals surface area contributed by atoms with Gasteiger partial charge in [-0.25, -0.2) is 10.4 Å². The van der Waals surface area contributed by atoms with Gasteiger partial charge in [-0.1, -0.05) is 6.42 Å². The molecule has 0 spiro atoms. The van der Waals surface area contributed by atoms with Gasteiger partial charge >= 0.3 is 0 Å². The zero-order chi connectivity index (χ0) is 8.10. The van der Waals surface area contributed by atoms with E-state index in [1.165, 1.54) is 19.3 Å². The lowest BCUT2D eigenvalue weighted by molar-refractivity contribution is -0.118. The van der Waals surface area contributed by atoms with Crippen LogP contribution in [0.1, 0.15) is 19.3 Å². The van der Waals surface area contributed by atoms with Crippen molar-refractivity contribution in [2.24, 2.45) is 5.73 Å². The fourth-order valence-electron chi connectivity index (χ4n) is 1.24. The van der Waals surface area contributed by atoms with Crippen LogP contribution in [0.3, 0.4) is 0 Å². The minimum atomic E-state index is -0.296. The number of carbonyl (C=O) groups excluding carboxylic acids is 1. The first-order chi connectivity index (χ1) is 5.29. The average Bonchev–Trinajstić information content (AvgIpc) is 2.03. The molecular formula is C7H15N3O. The maximum absolute atomic E-state index is 10.4. The summed E-state index contributed by atoms with van der Waals surface area (Å²) in [6.07, 6.45) is 3.73. The molecule has 11 heavy (non-hydrogen) atoms. The van der Waals surface area contributed by atoms with Crippen LogP contribution in [0.2, 0.25) is 0 Å². The fraction of sp³-hybridized carbons (Fsp3) is 0.857. The van der Waals surface area contributed by atoms with Gasteiger partial charge in [0.2, 0.25) is 5.91 Å². The highest BCUT2D eigenvalue weighted by Gasteiger charge is 2.08. The summed E-state index contributed by atoms with van der Waals surface area (Å²) < 4.78 is 0. The number of hydrazine groups is 1. The van der Waals surface area contributed by atoms with Gasteiger partial charge in [0.05, 0.1) is 6.54 Å². The molecule has 1 saturated heterocycles. The van der Waals surface area contributed by atoms with Crippen LogP contribution < -0.4 is 11.2 Å². The van der Waals surface area contributed by atoms with Gasteiger partial charge in [-0.05, 0) is 12.8 Å². The summed E-state index contributed by atoms with van der Waals surface area (Å²) in [7, 11) is 0. The van der Waals surface area contributed by atoms with Crippen molar-refractivity contribution in [3.8, 4) is 0 Å². The molecule has 4 nitrogen and oxygen atoms in total. The largest absolute Gasteiger partial charge is 0.369 e. The second kappa shape index (κ2) is 4.31. The van der Waals surface area contributed by atoms with Crippen LogP contribution in [-0.4, -0.2) is 30.6 Å². The summed E-state index contributed by atoms with van der Waals surface area (Å²) >= 11 is 0. The van der Waals surface area contributed by atoms with Crippen LogP contribution >= 0.6 is 0 Å². The summed E-state index contributed by atoms with van der Waals surface area (Å²) in [5.41, 5.74) is 7.96. The third-order valence-electron chi connectivity index (χ3n) is 1.83. The van der Waals surface area contributed by atoms with Crippen LogP contribution in [0, 0.1) is 0 Å². The Morgan fingerprint density at radius 3 is 2.55 bits per heavy atom. The van der Waals surface area contributed by atoms with Crippen LogP contribution in [0.4, 0.5) is 0 Å². The number of piperidine rings is 1. The minimum absolute atomic E-state index is 0.264. The van der Waals surface area contributed by atoms with Gasteiger partial charge in [0, 0.05) is 13.1 Å². The summed E-state index contributed by atoms with van der Waals surface area (Å²) in [6, 6.07) is 0. The predicted octanol–water partition coefficient (Wildman–Crippen LogP) is -0.538. The van der Waals surface area contributed by atoms with Crippen molar-refractivity contribution in [2.75, 3.05) is 19.6 Å². The summed E-state index contributed by atoms with van der Waals surface area (Å²) in [5, 5.41) is 2.06. The fourth-order valence-corrected chi connectivity index (χ4v) is 1.24. The highest BCUT2D eigenvalue weighted by atomic mass is 16.1. The molecule has 64 valence electrons. The van der Waals surface area contributed by atoms with E-state index in [-0.39, 0.29) is 12.5 Å². The molecule has 1 rings (SSSR count). The van der Waals surface area contributed by atoms with E-state index >= 15 is 0 Å². The average molecular weight is 157 g/mol. The van der Waals surface area contributed by atoms with Crippen LogP contribution in [0.5, 0.6) is 0 Å². The first kappa shape index (κ1) is 8.49. The van der Waals surface area contributed by atoms with Crippen molar-refractivity contribution in [1.29, 1.82) is 0 Å². The van der Waals surface area contributed by atoms with Crippen molar-refractivity contribution in [3.05, 3.63) is 0 Å². The number of hydrogen-bond donors (Lipinski definition) is 2. The van der Waals surface area contributed by atoms with Crippen molar-refractivity contribution in [2.45, 2.75) is 19.3 Å². The molecule has 3 N–H and O–H groups in total. The number of amides is 1. The van der Waals surface area contributed by atoms with Crippen molar-refractivity contribution in [3.63, 3.8) is 0 Å². The number of nitrogens with one attached hydrogen (secondary N) is 1. The van der Waals surface area contributed by atoms with E-state index in [0.717, 1.165) is 13.1 Å². The van der Waals surface area contributed by atoms with Crippen LogP contribution in [0.25, 0.3) is 0 Å². The van der Waals surface area contributed by atoms with Gasteiger partial charge in [-0.15, -0.1) is 0 Å². The molecule has 0 aromatic heterocycles. The summed E-state index contributed by atoms with van der Waals surface area (Å²) in [4.78, 5) is 10.4. The highest BCUT2D eigenvalue weighted by Crippen LogP contribution is 2.04. The smallest absolute Gasteiger partial charge is 0.232 e. The zero-order valence-electron chi connectivity index (χ0n) is 6.68. The Kier molecular flexibility index (Phi) is 3.32. The second-order valence-corrected chi connectivity index (χ2v) is 2.85. The van der Waals surface area contributed by atoms with E-state index in [1.54, 1.807) is 0 Å². The Bertz CT molecular complexity index is 132. The molecule has 1 fully saturated rings. The Hall–Kier alpha value is -0.610. The van der Waals surface area contributed by atoms with E-state index in [1.807, 2.05) is 0 Å². The van der Waals surface area contributed by atoms with Gasteiger partial charge in [0.1, 0.15) is 0 Å². The second-order valence-electron chi connectivity index (χ2n) is 2.85. The van der Waals surface area contributed by atoms with Gasteiger partial charge < -0.3 is 5.73 Å². The Balaban J connectivity index is 2.09. The lowest BCUT2D eigenvalue weighted by atomic mass is 10.2. The van der Waals surface area contributed by atoms with E-state index < -0.39 is 0 Å². The Morgan fingerprint density at radius 2 is 2.00 bits per heavy atom. The zero-order valence-corrected chi connectivity index (χ0v) is 6.68. The van der Waals surface area contributed by atoms with E-state index in [2.05, 4.69) is 10.4 Å². The van der Waals surface area contributed by atoms with Crippen molar-refractivity contribution in [1.82, 2.24) is 10.4 Å². The third-order valence-corrected chi connectivity index (χ3v) is 1.83. The molecule has 0 aromatic carbocycles. The molecule has 0 radical (unpaired) electrons. The van der Waals surface area contributed by atoms with E-state index in [9.17, 15) is 4.79 Å². The number of hydrogen-bond acceptors (Lipinski definition) is 3. The predicted molar refractivity (Wildman–Crippen MR) is 42.6 cm³/mol.